The molecule has 4 aromatic carbocycles. The number of amides is 6. The molecule has 10 rings (SSSR count). The molecule has 5 heterocycles. The quantitative estimate of drug-likeness (QED) is 0.0281. The number of hydrogen-bond donors (Lipinski definition) is 1. The number of ether oxygens (including phenoxy) is 8. The molecule has 3 fully saturated rings. The molecule has 1 spiro atoms. The number of methoxy groups -OCH3 is 3. The molecule has 6 amide bonds. The lowest BCUT2D eigenvalue weighted by atomic mass is 9.95. The molecule has 1 aliphatic carbocycles. The van der Waals surface area contributed by atoms with Crippen molar-refractivity contribution in [3.8, 4) is 28.7 Å². The number of benzene rings is 4. The third kappa shape index (κ3) is 15.2. The Labute approximate surface area is 557 Å². The van der Waals surface area contributed by atoms with Crippen molar-refractivity contribution in [1.82, 2.24) is 20.0 Å². The van der Waals surface area contributed by atoms with Crippen LogP contribution in [0, 0.1) is 11.3 Å². The van der Waals surface area contributed by atoms with Gasteiger partial charge in [-0.15, -0.1) is 0 Å². The van der Waals surface area contributed by atoms with Gasteiger partial charge in [0.1, 0.15) is 31.6 Å². The van der Waals surface area contributed by atoms with Crippen molar-refractivity contribution in [1.29, 1.82) is 0 Å². The predicted octanol–water partition coefficient (Wildman–Crippen LogP) is 11.9. The molecule has 508 valence electrons. The smallest absolute Gasteiger partial charge is 0.416 e. The first kappa shape index (κ1) is 69.0. The summed E-state index contributed by atoms with van der Waals surface area (Å²) >= 11 is 0. The van der Waals surface area contributed by atoms with E-state index in [0.29, 0.717) is 68.5 Å². The first-order valence-electron chi connectivity index (χ1n) is 32.7. The Balaban J connectivity index is 0.872. The molecule has 5 aliphatic heterocycles. The van der Waals surface area contributed by atoms with E-state index in [0.717, 1.165) is 24.0 Å². The Morgan fingerprint density at radius 1 is 0.758 bits per heavy atom. The molecule has 1 unspecified atom stereocenters. The maximum absolute atomic E-state index is 15.3. The van der Waals surface area contributed by atoms with Gasteiger partial charge in [-0.2, -0.15) is 0 Å². The van der Waals surface area contributed by atoms with Crippen LogP contribution in [0.15, 0.2) is 104 Å². The summed E-state index contributed by atoms with van der Waals surface area (Å²) in [6.07, 6.45) is 6.63. The molecule has 0 radical (unpaired) electrons. The lowest BCUT2D eigenvalue weighted by molar-refractivity contribution is -0.130. The van der Waals surface area contributed by atoms with Gasteiger partial charge in [-0.3, -0.25) is 29.0 Å². The second kappa shape index (κ2) is 29.0. The number of Topliss-reactive ketones (excluding diaryl/α,β-unsaturated/α-hetero) is 1. The number of nitrogens with one attached hydrogen (secondary N) is 1. The fraction of sp³-hybridized carbons (Fsp3) is 0.486. The van der Waals surface area contributed by atoms with Crippen LogP contribution in [0.25, 0.3) is 5.57 Å². The van der Waals surface area contributed by atoms with Crippen molar-refractivity contribution in [2.24, 2.45) is 11.3 Å². The van der Waals surface area contributed by atoms with Crippen LogP contribution in [0.1, 0.15) is 123 Å². The van der Waals surface area contributed by atoms with Crippen LogP contribution < -0.4 is 38.8 Å². The number of carbonyl (C=O) groups excluding carboxylic acids is 7. The van der Waals surface area contributed by atoms with Crippen LogP contribution in [-0.4, -0.2) is 163 Å². The Bertz CT molecular complexity index is 3600. The van der Waals surface area contributed by atoms with Gasteiger partial charge in [0.15, 0.2) is 43.3 Å². The molecule has 1 N–H and O–H groups in total. The van der Waals surface area contributed by atoms with Crippen molar-refractivity contribution in [3.63, 3.8) is 0 Å². The lowest BCUT2D eigenvalue weighted by Crippen LogP contribution is -2.58. The minimum absolute atomic E-state index is 0.0207. The summed E-state index contributed by atoms with van der Waals surface area (Å²) in [5.41, 5.74) is 4.04. The van der Waals surface area contributed by atoms with Gasteiger partial charge in [0, 0.05) is 44.3 Å². The maximum Gasteiger partial charge on any atom is 0.416 e. The number of anilines is 2. The fourth-order valence-corrected chi connectivity index (χ4v) is 14.1. The average Bonchev–Trinajstić information content (AvgIpc) is 1.57. The standard InChI is InChI=1S/C72H90N6O16Si/c1-13-29-91-68(83)74-28-15-17-55(74)64(80)73-54(33-45(3)4)59(79)34-46-18-20-47(21-19-46)43-93-70(85)78-57-39-63(61(88-10)37-53(57)66(82)77-44-72(26-27-72)40-58(77)67(78)94-95(11,12)71(5,6)7)90-32-16-31-89-62-38-56-52(36-60(62)87-9)65(81)75-41-49(48-22-24-51(86-8)25-23-48)35-50(75)42-76(56)69(84)92-30-14-2/h13-14,18-25,36-39,41,45,50,54-55,58,67H,1-2,15-17,26-35,40,42-44H2,3-12H3,(H,73,80)/t50-,54-,55-,58-,67?/m0/s1. The van der Waals surface area contributed by atoms with E-state index in [1.54, 1.807) is 60.5 Å². The molecule has 5 atom stereocenters. The Hall–Kier alpha value is -8.83. The van der Waals surface area contributed by atoms with E-state index in [-0.39, 0.29) is 125 Å². The summed E-state index contributed by atoms with van der Waals surface area (Å²) in [6, 6.07) is 18.7. The normalized spacial score (nSPS) is 19.7. The fourth-order valence-electron chi connectivity index (χ4n) is 12.9. The van der Waals surface area contributed by atoms with E-state index >= 15 is 9.59 Å². The zero-order valence-electron chi connectivity index (χ0n) is 56.3. The van der Waals surface area contributed by atoms with Gasteiger partial charge >= 0.3 is 18.3 Å². The van der Waals surface area contributed by atoms with Crippen LogP contribution in [-0.2, 0) is 41.3 Å². The minimum atomic E-state index is -2.73. The largest absolute Gasteiger partial charge is 0.497 e. The number of likely N-dealkylation sites (tertiary alicyclic amines) is 1. The molecule has 1 saturated carbocycles. The van der Waals surface area contributed by atoms with Gasteiger partial charge in [0.25, 0.3) is 11.8 Å². The molecule has 23 heteroatoms. The van der Waals surface area contributed by atoms with E-state index < -0.39 is 62.9 Å². The highest BCUT2D eigenvalue weighted by Gasteiger charge is 2.60. The Morgan fingerprint density at radius 3 is 1.98 bits per heavy atom. The summed E-state index contributed by atoms with van der Waals surface area (Å²) < 4.78 is 54.5. The highest BCUT2D eigenvalue weighted by Crippen LogP contribution is 2.58. The molecule has 0 bridgehead atoms. The van der Waals surface area contributed by atoms with Crippen molar-refractivity contribution >= 4 is 67.0 Å². The molecule has 22 nitrogen and oxygen atoms in total. The molecule has 4 aromatic rings. The van der Waals surface area contributed by atoms with Gasteiger partial charge in [-0.25, -0.2) is 19.3 Å². The summed E-state index contributed by atoms with van der Waals surface area (Å²) in [6.45, 7) is 22.8. The third-order valence-corrected chi connectivity index (χ3v) is 23.7. The van der Waals surface area contributed by atoms with E-state index in [4.69, 9.17) is 42.3 Å². The summed E-state index contributed by atoms with van der Waals surface area (Å²) in [7, 11) is 1.83. The van der Waals surface area contributed by atoms with Gasteiger partial charge in [0.2, 0.25) is 5.91 Å². The molecule has 0 aromatic heterocycles. The third-order valence-electron chi connectivity index (χ3n) is 19.2. The zero-order valence-corrected chi connectivity index (χ0v) is 57.3. The van der Waals surface area contributed by atoms with Gasteiger partial charge < -0.3 is 57.4 Å². The van der Waals surface area contributed by atoms with Crippen LogP contribution in [0.3, 0.4) is 0 Å². The highest BCUT2D eigenvalue weighted by molar-refractivity contribution is 6.74. The first-order valence-corrected chi connectivity index (χ1v) is 35.6. The summed E-state index contributed by atoms with van der Waals surface area (Å²) in [4.78, 5) is 107. The number of carbonyl (C=O) groups is 7. The average molecular weight is 1320 g/mol. The van der Waals surface area contributed by atoms with E-state index in [1.807, 2.05) is 49.2 Å². The van der Waals surface area contributed by atoms with E-state index in [2.05, 4.69) is 52.3 Å². The van der Waals surface area contributed by atoms with Gasteiger partial charge in [-0.05, 0) is 121 Å². The number of fused-ring (bicyclic) bond motifs is 4. The number of hydrogen-bond acceptors (Lipinski definition) is 16. The Morgan fingerprint density at radius 2 is 1.38 bits per heavy atom. The summed E-state index contributed by atoms with van der Waals surface area (Å²) in [5.74, 6) is 0.640. The second-order valence-corrected chi connectivity index (χ2v) is 32.0. The van der Waals surface area contributed by atoms with Gasteiger partial charge in [-0.1, -0.05) is 96.3 Å². The van der Waals surface area contributed by atoms with Crippen molar-refractivity contribution in [3.05, 3.63) is 132 Å². The lowest BCUT2D eigenvalue weighted by Gasteiger charge is -2.44. The van der Waals surface area contributed by atoms with Crippen LogP contribution in [0.5, 0.6) is 28.7 Å². The molecule has 2 saturated heterocycles. The molecular formula is C72H90N6O16Si. The Kier molecular flexibility index (Phi) is 21.1. The molecule has 6 aliphatic rings. The first-order chi connectivity index (χ1) is 45.4. The number of ketones is 1. The van der Waals surface area contributed by atoms with Crippen LogP contribution in [0.2, 0.25) is 18.1 Å². The van der Waals surface area contributed by atoms with Crippen molar-refractivity contribution in [2.45, 2.75) is 148 Å². The SMILES string of the molecule is C=CCOC(=O)N1C[C@@H]2CC(c3ccc(OC)cc3)=CN2C(=O)c2cc(OC)c(OCCCOc3cc4c(cc3OC)C(=O)N3CC5(CC5)C[C@H]3C(O[Si](C)(C)C(C)(C)C)N4C(=O)OCc3ccc(CC(=O)[C@H](CC(C)C)NC(=O)[C@@H]4CCCN4C(=O)OCC=C)cc3)cc21. The van der Waals surface area contributed by atoms with Crippen LogP contribution in [0.4, 0.5) is 25.8 Å². The van der Waals surface area contributed by atoms with Gasteiger partial charge in [0.05, 0.1) is 81.7 Å². The monoisotopic (exact) mass is 1320 g/mol. The minimum Gasteiger partial charge on any atom is -0.497 e. The number of rotatable bonds is 25. The number of nitrogens with zero attached hydrogens (tertiary/aromatic N) is 5. The van der Waals surface area contributed by atoms with Crippen molar-refractivity contribution < 1.29 is 75.9 Å². The van der Waals surface area contributed by atoms with Crippen LogP contribution >= 0.6 is 0 Å². The predicted molar refractivity (Wildman–Crippen MR) is 360 cm³/mol. The maximum atomic E-state index is 15.3. The summed E-state index contributed by atoms with van der Waals surface area (Å²) in [5, 5.41) is 2.65. The topological polar surface area (TPSA) is 231 Å². The zero-order chi connectivity index (χ0) is 68.1. The van der Waals surface area contributed by atoms with Crippen molar-refractivity contribution in [2.75, 3.05) is 77.2 Å². The molecular weight excluding hydrogens is 1230 g/mol. The van der Waals surface area contributed by atoms with E-state index in [9.17, 15) is 24.0 Å². The second-order valence-electron chi connectivity index (χ2n) is 27.3. The van der Waals surface area contributed by atoms with E-state index in [1.165, 1.54) is 41.1 Å². The molecule has 95 heavy (non-hydrogen) atoms. The highest BCUT2D eigenvalue weighted by atomic mass is 28.4.